The van der Waals surface area contributed by atoms with Gasteiger partial charge in [-0.05, 0) is 30.7 Å². The molecule has 34 heavy (non-hydrogen) atoms. The number of carbonyl (C=O) groups excluding carboxylic acids is 2. The van der Waals surface area contributed by atoms with Crippen LogP contribution in [0.5, 0.6) is 11.5 Å². The van der Waals surface area contributed by atoms with Gasteiger partial charge in [-0.2, -0.15) is 0 Å². The lowest BCUT2D eigenvalue weighted by Crippen LogP contribution is -2.15. The molecule has 0 atom stereocenters. The molecule has 0 bridgehead atoms. The largest absolute Gasteiger partial charge is 0.454 e. The van der Waals surface area contributed by atoms with Crippen molar-refractivity contribution in [1.82, 2.24) is 4.98 Å². The Labute approximate surface area is 200 Å². The van der Waals surface area contributed by atoms with Gasteiger partial charge in [-0.3, -0.25) is 9.59 Å². The minimum absolute atomic E-state index is 0.0656. The van der Waals surface area contributed by atoms with Gasteiger partial charge in [-0.15, -0.1) is 11.3 Å². The summed E-state index contributed by atoms with van der Waals surface area (Å²) < 4.78 is 10.7. The molecule has 0 saturated carbocycles. The van der Waals surface area contributed by atoms with E-state index in [1.165, 1.54) is 11.3 Å². The smallest absolute Gasteiger partial charge is 0.268 e. The summed E-state index contributed by atoms with van der Waals surface area (Å²) in [6, 6.07) is 22.3. The van der Waals surface area contributed by atoms with E-state index in [1.54, 1.807) is 18.2 Å². The summed E-state index contributed by atoms with van der Waals surface area (Å²) in [5.74, 6) is 0.729. The molecule has 0 fully saturated rings. The van der Waals surface area contributed by atoms with E-state index in [1.807, 2.05) is 61.5 Å². The zero-order valence-corrected chi connectivity index (χ0v) is 19.1. The van der Waals surface area contributed by atoms with Gasteiger partial charge in [-0.25, -0.2) is 4.98 Å². The Bertz CT molecular complexity index is 1370. The maximum atomic E-state index is 13.2. The first-order valence-corrected chi connectivity index (χ1v) is 11.5. The molecule has 2 amide bonds. The summed E-state index contributed by atoms with van der Waals surface area (Å²) in [5.41, 5.74) is 3.67. The Morgan fingerprint density at radius 2 is 1.71 bits per heavy atom. The van der Waals surface area contributed by atoms with Crippen LogP contribution in [0.1, 0.15) is 20.2 Å². The minimum Gasteiger partial charge on any atom is -0.454 e. The van der Waals surface area contributed by atoms with Crippen LogP contribution in [0.4, 0.5) is 11.4 Å². The van der Waals surface area contributed by atoms with E-state index in [9.17, 15) is 9.59 Å². The monoisotopic (exact) mass is 471 g/mol. The molecule has 5 rings (SSSR count). The van der Waals surface area contributed by atoms with Crippen molar-refractivity contribution in [3.8, 4) is 22.8 Å². The van der Waals surface area contributed by atoms with Crippen LogP contribution < -0.4 is 20.1 Å². The SMILES string of the molecule is Cc1ccccc1NC(=O)Cc1nc(-c2ccccc2)c(C(=O)Nc2ccc3c(c2)OCO3)s1. The quantitative estimate of drug-likeness (QED) is 0.399. The van der Waals surface area contributed by atoms with Crippen LogP contribution in [-0.2, 0) is 11.2 Å². The highest BCUT2D eigenvalue weighted by atomic mass is 32.1. The summed E-state index contributed by atoms with van der Waals surface area (Å²) in [6.45, 7) is 2.10. The summed E-state index contributed by atoms with van der Waals surface area (Å²) in [7, 11) is 0. The molecule has 0 aliphatic carbocycles. The van der Waals surface area contributed by atoms with Crippen LogP contribution in [0.3, 0.4) is 0 Å². The first kappa shape index (κ1) is 21.7. The standard InChI is InChI=1S/C26H21N3O4S/c1-16-7-5-6-10-19(16)28-22(30)14-23-29-24(17-8-3-2-4-9-17)25(34-23)26(31)27-18-11-12-20-21(13-18)33-15-32-20/h2-13H,14-15H2,1H3,(H,27,31)(H,28,30). The number of hydrogen-bond donors (Lipinski definition) is 2. The van der Waals surface area contributed by atoms with Crippen LogP contribution in [0.2, 0.25) is 0 Å². The molecule has 3 aromatic carbocycles. The fourth-order valence-electron chi connectivity index (χ4n) is 3.59. The van der Waals surface area contributed by atoms with E-state index in [4.69, 9.17) is 9.47 Å². The number of benzene rings is 3. The van der Waals surface area contributed by atoms with Gasteiger partial charge in [0.1, 0.15) is 9.88 Å². The van der Waals surface area contributed by atoms with Crippen LogP contribution in [-0.4, -0.2) is 23.6 Å². The Hall–Kier alpha value is -4.17. The van der Waals surface area contributed by atoms with Crippen molar-refractivity contribution in [1.29, 1.82) is 0 Å². The van der Waals surface area contributed by atoms with Crippen molar-refractivity contribution >= 4 is 34.5 Å². The number of amides is 2. The lowest BCUT2D eigenvalue weighted by Gasteiger charge is -2.06. The number of nitrogens with one attached hydrogen (secondary N) is 2. The van der Waals surface area contributed by atoms with Gasteiger partial charge in [0.05, 0.1) is 12.1 Å². The third-order valence-corrected chi connectivity index (χ3v) is 6.34. The van der Waals surface area contributed by atoms with Crippen LogP contribution in [0, 0.1) is 6.92 Å². The molecule has 2 heterocycles. The molecule has 0 saturated heterocycles. The lowest BCUT2D eigenvalue weighted by atomic mass is 10.1. The average Bonchev–Trinajstić information content (AvgIpc) is 3.48. The van der Waals surface area contributed by atoms with E-state index in [0.29, 0.717) is 32.8 Å². The third kappa shape index (κ3) is 4.62. The maximum Gasteiger partial charge on any atom is 0.268 e. The minimum atomic E-state index is -0.305. The molecule has 1 aromatic heterocycles. The molecule has 4 aromatic rings. The molecule has 0 radical (unpaired) electrons. The highest BCUT2D eigenvalue weighted by molar-refractivity contribution is 7.14. The Kier molecular flexibility index (Phi) is 5.97. The number of ether oxygens (including phenoxy) is 2. The van der Waals surface area contributed by atoms with Crippen molar-refractivity contribution in [3.63, 3.8) is 0 Å². The summed E-state index contributed by atoms with van der Waals surface area (Å²) in [6.07, 6.45) is 0.0656. The first-order chi connectivity index (χ1) is 16.6. The predicted octanol–water partition coefficient (Wildman–Crippen LogP) is 5.28. The topological polar surface area (TPSA) is 89.6 Å². The number of aryl methyl sites for hydroxylation is 1. The molecule has 2 N–H and O–H groups in total. The molecule has 1 aliphatic rings. The van der Waals surface area contributed by atoms with E-state index in [0.717, 1.165) is 16.8 Å². The molecule has 8 heteroatoms. The van der Waals surface area contributed by atoms with Gasteiger partial charge in [0.15, 0.2) is 11.5 Å². The molecular weight excluding hydrogens is 450 g/mol. The fourth-order valence-corrected chi connectivity index (χ4v) is 4.57. The molecule has 7 nitrogen and oxygen atoms in total. The summed E-state index contributed by atoms with van der Waals surface area (Å²) in [4.78, 5) is 31.0. The van der Waals surface area contributed by atoms with Gasteiger partial charge >= 0.3 is 0 Å². The van der Waals surface area contributed by atoms with Crippen LogP contribution in [0.25, 0.3) is 11.3 Å². The number of aromatic nitrogens is 1. The molecule has 0 spiro atoms. The number of fused-ring (bicyclic) bond motifs is 1. The van der Waals surface area contributed by atoms with Crippen molar-refractivity contribution in [2.75, 3.05) is 17.4 Å². The zero-order chi connectivity index (χ0) is 23.5. The van der Waals surface area contributed by atoms with Crippen molar-refractivity contribution in [2.45, 2.75) is 13.3 Å². The zero-order valence-electron chi connectivity index (χ0n) is 18.3. The number of rotatable bonds is 6. The highest BCUT2D eigenvalue weighted by Gasteiger charge is 2.22. The molecular formula is C26H21N3O4S. The molecule has 0 unspecified atom stereocenters. The van der Waals surface area contributed by atoms with E-state index in [-0.39, 0.29) is 25.0 Å². The predicted molar refractivity (Wildman–Crippen MR) is 132 cm³/mol. The van der Waals surface area contributed by atoms with Crippen molar-refractivity contribution in [3.05, 3.63) is 88.2 Å². The second-order valence-corrected chi connectivity index (χ2v) is 8.80. The number of hydrogen-bond acceptors (Lipinski definition) is 6. The van der Waals surface area contributed by atoms with E-state index in [2.05, 4.69) is 15.6 Å². The fraction of sp³-hybridized carbons (Fsp3) is 0.115. The van der Waals surface area contributed by atoms with Gasteiger partial charge in [-0.1, -0.05) is 48.5 Å². The average molecular weight is 472 g/mol. The second-order valence-electron chi connectivity index (χ2n) is 7.71. The molecule has 170 valence electrons. The first-order valence-electron chi connectivity index (χ1n) is 10.7. The number of para-hydroxylation sites is 1. The number of carbonyl (C=O) groups is 2. The van der Waals surface area contributed by atoms with Crippen molar-refractivity contribution in [2.24, 2.45) is 0 Å². The van der Waals surface area contributed by atoms with Gasteiger partial charge in [0.25, 0.3) is 5.91 Å². The Morgan fingerprint density at radius 3 is 2.53 bits per heavy atom. The van der Waals surface area contributed by atoms with Crippen molar-refractivity contribution < 1.29 is 19.1 Å². The second kappa shape index (κ2) is 9.36. The number of thiazole rings is 1. The van der Waals surface area contributed by atoms with Gasteiger partial charge < -0.3 is 20.1 Å². The van der Waals surface area contributed by atoms with Crippen LogP contribution in [0.15, 0.2) is 72.8 Å². The summed E-state index contributed by atoms with van der Waals surface area (Å²) in [5, 5.41) is 6.39. The Morgan fingerprint density at radius 1 is 0.941 bits per heavy atom. The number of anilines is 2. The Balaban J connectivity index is 1.40. The van der Waals surface area contributed by atoms with E-state index >= 15 is 0 Å². The summed E-state index contributed by atoms with van der Waals surface area (Å²) >= 11 is 1.21. The highest BCUT2D eigenvalue weighted by Crippen LogP contribution is 2.35. The van der Waals surface area contributed by atoms with E-state index < -0.39 is 0 Å². The number of nitrogens with zero attached hydrogens (tertiary/aromatic N) is 1. The normalized spacial score (nSPS) is 11.8. The lowest BCUT2D eigenvalue weighted by molar-refractivity contribution is -0.115. The third-order valence-electron chi connectivity index (χ3n) is 5.29. The van der Waals surface area contributed by atoms with Gasteiger partial charge in [0.2, 0.25) is 12.7 Å². The maximum absolute atomic E-state index is 13.2. The molecule has 1 aliphatic heterocycles. The van der Waals surface area contributed by atoms with Gasteiger partial charge in [0, 0.05) is 23.0 Å². The van der Waals surface area contributed by atoms with Crippen LogP contribution >= 0.6 is 11.3 Å².